The predicted octanol–water partition coefficient (Wildman–Crippen LogP) is 4.85. The van der Waals surface area contributed by atoms with Gasteiger partial charge in [-0.2, -0.15) is 5.48 Å². The molecule has 91 heavy (non-hydrogen) atoms. The Morgan fingerprint density at radius 1 is 0.857 bits per heavy atom. The summed E-state index contributed by atoms with van der Waals surface area (Å²) in [5.41, 5.74) is 2.33. The molecule has 28 heteroatoms. The standard InChI is InChI=1S/C63H82IN3O21S3/c1-13-65-37-30-81-42(28-41(37)76-8)86-55-50(71)47(67-88-43-27-38(68)57(34(5)82-43)90-58(73)44-31(2)46(64)53(56(79-11)52(44)77-9)87-59-51(72)54(78-10)49(70)33(4)84-59)32(3)83-60(55)85-40-23-19-14-15-20-25-63(75)29-39(69)48(66-61(74)80-12)45(40)36(63)24-26-89-91-62(6,7)35-21-17-16-18-22-35/h14-18,21-22,24,32-34,37-38,40-43,47,49-51,54-55,57,59-60,65,67-68,70-72,75H,13,26-30H2,1-12H3,(H,66,74)/b15-14?,36-24+/t32-,33+,34-,37+,38+,40+,41+,42+,43+,47-,49+,50+,51-,54-,55-,57-,59+,60+,63+/m1/s1. The van der Waals surface area contributed by atoms with Crippen molar-refractivity contribution >= 4 is 72.9 Å². The number of halogens is 1. The summed E-state index contributed by atoms with van der Waals surface area (Å²) in [5.74, 6) is 11.4. The summed E-state index contributed by atoms with van der Waals surface area (Å²) >= 11 is 2.83. The van der Waals surface area contributed by atoms with Crippen LogP contribution >= 0.6 is 55.9 Å². The Morgan fingerprint density at radius 3 is 2.24 bits per heavy atom. The molecule has 4 heterocycles. The summed E-state index contributed by atoms with van der Waals surface area (Å²) in [6.07, 6.45) is -14.0. The van der Waals surface area contributed by atoms with Crippen LogP contribution in [0.4, 0.5) is 4.79 Å². The number of alkyl carbamates (subject to hydrolysis) is 1. The Kier molecular flexibility index (Phi) is 26.0. The molecule has 2 aromatic rings. The normalized spacial score (nSPS) is 33.9. The number of thioether (sulfide) groups is 1. The highest BCUT2D eigenvalue weighted by atomic mass is 127. The zero-order valence-electron chi connectivity index (χ0n) is 52.6. The molecule has 1 amide bonds. The molecule has 2 bridgehead atoms. The number of fused-ring (bicyclic) bond motifs is 2. The zero-order chi connectivity index (χ0) is 66.1. The highest BCUT2D eigenvalue weighted by Crippen LogP contribution is 2.50. The number of hydrogen-bond acceptors (Lipinski definition) is 26. The van der Waals surface area contributed by atoms with Gasteiger partial charge >= 0.3 is 6.09 Å². The number of carbonyl (C=O) groups is 3. The van der Waals surface area contributed by atoms with E-state index in [1.807, 2.05) is 59.8 Å². The minimum atomic E-state index is -2.10. The van der Waals surface area contributed by atoms with Crippen LogP contribution in [0.15, 0.2) is 65.4 Å². The molecule has 0 spiro atoms. The number of aliphatic hydroxyl groups is 5. The van der Waals surface area contributed by atoms with Gasteiger partial charge in [0.2, 0.25) is 17.2 Å². The molecule has 8 rings (SSSR count). The third-order valence-corrected chi connectivity index (χ3v) is 22.2. The van der Waals surface area contributed by atoms with Gasteiger partial charge in [0.15, 0.2) is 41.8 Å². The van der Waals surface area contributed by atoms with Crippen LogP contribution in [0.25, 0.3) is 0 Å². The maximum absolute atomic E-state index is 14.5. The van der Waals surface area contributed by atoms with E-state index < -0.39 is 127 Å². The summed E-state index contributed by atoms with van der Waals surface area (Å²) in [4.78, 5) is 48.1. The molecule has 19 atom stereocenters. The van der Waals surface area contributed by atoms with Gasteiger partial charge in [-0.25, -0.2) is 4.79 Å². The first-order chi connectivity index (χ1) is 43.4. The number of ketones is 1. The van der Waals surface area contributed by atoms with E-state index in [0.717, 1.165) is 24.4 Å². The quantitative estimate of drug-likeness (QED) is 0.0242. The Morgan fingerprint density at radius 2 is 1.57 bits per heavy atom. The SMILES string of the molecule is CCN[C@H]1CO[C@@H](O[C@H]2[C@H](O[C@H]3C#CC=CC#C[C@]4(O)CC(=O)C(NC(=O)OC)=C3/C4=C\CSSC(C)(C)c3ccccc3)O[C@H](C)[C@@H](NO[C@H]3C[C@H](O)[C@H](SC(=O)c4c(C)c(I)c(O[C@@H]5O[C@@H](C)[C@H](O)[C@@H](OC)[C@H]5O)c(OC)c4OC)[C@@H](C)O3)[C@@H]2O)C[C@@H]1OC. The Hall–Kier alpha value is -4.07. The van der Waals surface area contributed by atoms with E-state index in [2.05, 4.69) is 53.6 Å². The van der Waals surface area contributed by atoms with Gasteiger partial charge in [0.1, 0.15) is 36.6 Å². The molecule has 8 N–H and O–H groups in total. The van der Waals surface area contributed by atoms with Crippen molar-refractivity contribution < 1.29 is 102 Å². The molecule has 4 aliphatic heterocycles. The molecule has 0 aromatic heterocycles. The number of ether oxygens (including phenoxy) is 12. The minimum absolute atomic E-state index is 0.0246. The first-order valence-electron chi connectivity index (χ1n) is 29.7. The molecular formula is C63H82IN3O21S3. The monoisotopic (exact) mass is 1440 g/mol. The van der Waals surface area contributed by atoms with Gasteiger partial charge in [0.25, 0.3) is 0 Å². The maximum atomic E-state index is 14.5. The van der Waals surface area contributed by atoms with Crippen LogP contribution in [0.2, 0.25) is 0 Å². The summed E-state index contributed by atoms with van der Waals surface area (Å²) in [7, 11) is 9.90. The average molecular weight is 1440 g/mol. The third kappa shape index (κ3) is 16.8. The lowest BCUT2D eigenvalue weighted by Crippen LogP contribution is -2.65. The lowest BCUT2D eigenvalue weighted by atomic mass is 9.75. The van der Waals surface area contributed by atoms with E-state index in [9.17, 15) is 39.9 Å². The fraction of sp³-hybridized carbons (Fsp3) is 0.603. The van der Waals surface area contributed by atoms with Crippen molar-refractivity contribution in [3.05, 3.63) is 85.7 Å². The molecule has 2 aromatic carbocycles. The molecular weight excluding hydrogens is 1360 g/mol. The number of carbonyl (C=O) groups excluding carboxylic acids is 3. The summed E-state index contributed by atoms with van der Waals surface area (Å²) in [6.45, 7) is 13.6. The average Bonchev–Trinajstić information content (AvgIpc) is 1.05. The number of nitrogens with one attached hydrogen (secondary N) is 3. The van der Waals surface area contributed by atoms with E-state index in [-0.39, 0.29) is 81.7 Å². The van der Waals surface area contributed by atoms with Crippen LogP contribution in [-0.2, 0) is 57.0 Å². The van der Waals surface area contributed by atoms with Crippen molar-refractivity contribution in [3.63, 3.8) is 0 Å². The topological polar surface area (TPSA) is 308 Å². The molecule has 0 radical (unpaired) electrons. The van der Waals surface area contributed by atoms with Crippen LogP contribution in [0, 0.1) is 34.2 Å². The van der Waals surface area contributed by atoms with Crippen molar-refractivity contribution in [2.75, 3.05) is 54.5 Å². The number of methoxy groups -OCH3 is 5. The number of amides is 1. The van der Waals surface area contributed by atoms with E-state index in [4.69, 9.17) is 61.7 Å². The Bertz CT molecular complexity index is 3110. The lowest BCUT2D eigenvalue weighted by molar-refractivity contribution is -0.336. The second kappa shape index (κ2) is 32.6. The largest absolute Gasteiger partial charge is 0.492 e. The van der Waals surface area contributed by atoms with Gasteiger partial charge < -0.3 is 87.7 Å². The third-order valence-electron chi connectivity index (χ3n) is 16.4. The Labute approximate surface area is 556 Å². The second-order valence-corrected chi connectivity index (χ2v) is 28.0. The van der Waals surface area contributed by atoms with Crippen LogP contribution in [0.3, 0.4) is 0 Å². The number of hydroxylamine groups is 1. The summed E-state index contributed by atoms with van der Waals surface area (Å²) in [5, 5.41) is 63.2. The number of aliphatic hydroxyl groups excluding tert-OH is 4. The second-order valence-electron chi connectivity index (χ2n) is 22.8. The highest BCUT2D eigenvalue weighted by Gasteiger charge is 2.52. The number of likely N-dealkylation sites (N-methyl/N-ethyl adjacent to an activating group) is 1. The van der Waals surface area contributed by atoms with Gasteiger partial charge in [0.05, 0.1) is 97.0 Å². The fourth-order valence-electron chi connectivity index (χ4n) is 11.5. The fourth-order valence-corrected chi connectivity index (χ4v) is 15.7. The van der Waals surface area contributed by atoms with E-state index in [0.29, 0.717) is 15.7 Å². The van der Waals surface area contributed by atoms with Crippen LogP contribution in [-0.4, -0.2) is 212 Å². The van der Waals surface area contributed by atoms with Crippen molar-refractivity contribution in [1.82, 2.24) is 16.1 Å². The van der Waals surface area contributed by atoms with Gasteiger partial charge in [-0.15, -0.1) is 0 Å². The number of hydrogen-bond donors (Lipinski definition) is 8. The molecule has 0 saturated carbocycles. The van der Waals surface area contributed by atoms with Crippen molar-refractivity contribution in [1.29, 1.82) is 0 Å². The molecule has 6 aliphatic rings. The van der Waals surface area contributed by atoms with Crippen LogP contribution in [0.5, 0.6) is 17.2 Å². The van der Waals surface area contributed by atoms with Crippen molar-refractivity contribution in [2.24, 2.45) is 0 Å². The molecule has 0 unspecified atom stereocenters. The number of benzene rings is 2. The van der Waals surface area contributed by atoms with Crippen LogP contribution < -0.4 is 30.3 Å². The van der Waals surface area contributed by atoms with E-state index in [1.54, 1.807) is 51.7 Å². The molecule has 500 valence electrons. The molecule has 2 aliphatic carbocycles. The first-order valence-corrected chi connectivity index (χ1v) is 34.0. The predicted molar refractivity (Wildman–Crippen MR) is 346 cm³/mol. The lowest BCUT2D eigenvalue weighted by Gasteiger charge is -2.46. The molecule has 4 fully saturated rings. The molecule has 4 saturated heterocycles. The highest BCUT2D eigenvalue weighted by molar-refractivity contribution is 14.1. The van der Waals surface area contributed by atoms with Crippen molar-refractivity contribution in [2.45, 2.75) is 188 Å². The van der Waals surface area contributed by atoms with Gasteiger partial charge in [0, 0.05) is 48.7 Å². The maximum Gasteiger partial charge on any atom is 0.411 e. The van der Waals surface area contributed by atoms with E-state index >= 15 is 0 Å². The first kappa shape index (κ1) is 72.8. The van der Waals surface area contributed by atoms with Gasteiger partial charge in [-0.3, -0.25) is 19.7 Å². The zero-order valence-corrected chi connectivity index (χ0v) is 57.2. The number of Topliss-reactive ketones (excluding diaryl/α,β-unsaturated/α-hetero) is 1. The molecule has 24 nitrogen and oxygen atoms in total. The Balaban J connectivity index is 1.03. The smallest absolute Gasteiger partial charge is 0.411 e. The van der Waals surface area contributed by atoms with E-state index in [1.165, 1.54) is 44.3 Å². The number of rotatable bonds is 23. The van der Waals surface area contributed by atoms with Gasteiger partial charge in [-0.1, -0.05) is 100 Å². The van der Waals surface area contributed by atoms with Crippen LogP contribution in [0.1, 0.15) is 82.3 Å². The summed E-state index contributed by atoms with van der Waals surface area (Å²) in [6, 6.07) is 8.69. The van der Waals surface area contributed by atoms with Gasteiger partial charge in [-0.05, 0) is 94.0 Å². The minimum Gasteiger partial charge on any atom is -0.492 e. The van der Waals surface area contributed by atoms with Crippen molar-refractivity contribution in [3.8, 4) is 40.9 Å². The summed E-state index contributed by atoms with van der Waals surface area (Å²) < 4.78 is 72.7. The number of allylic oxidation sites excluding steroid dienone is 3.